The van der Waals surface area contributed by atoms with Crippen LogP contribution in [0.25, 0.3) is 11.4 Å². The van der Waals surface area contributed by atoms with Gasteiger partial charge in [-0.25, -0.2) is 0 Å². The van der Waals surface area contributed by atoms with Crippen molar-refractivity contribution >= 4 is 34.1 Å². The third kappa shape index (κ3) is 9.71. The summed E-state index contributed by atoms with van der Waals surface area (Å²) in [5, 5.41) is 85.9. The van der Waals surface area contributed by atoms with Crippen molar-refractivity contribution in [2.24, 2.45) is 20.5 Å². The van der Waals surface area contributed by atoms with Gasteiger partial charge < -0.3 is 20.4 Å². The van der Waals surface area contributed by atoms with Crippen molar-refractivity contribution in [3.05, 3.63) is 128 Å². The number of hydrogen-bond donors (Lipinski definition) is 4. The molecule has 0 bridgehead atoms. The first-order valence-electron chi connectivity index (χ1n) is 15.2. The fourth-order valence-electron chi connectivity index (χ4n) is 4.61. The van der Waals surface area contributed by atoms with Gasteiger partial charge in [0.05, 0.1) is 44.7 Å². The minimum Gasteiger partial charge on any atom is -0.505 e. The normalized spacial score (nSPS) is 10.7. The van der Waals surface area contributed by atoms with Gasteiger partial charge in [-0.05, 0) is 64.1 Å². The predicted molar refractivity (Wildman–Crippen MR) is 187 cm³/mol. The molecule has 0 amide bonds. The molecule has 0 aliphatic heterocycles. The Morgan fingerprint density at radius 3 is 1.19 bits per heavy atom. The van der Waals surface area contributed by atoms with Crippen molar-refractivity contribution < 1.29 is 77.2 Å². The van der Waals surface area contributed by atoms with E-state index in [-0.39, 0.29) is 104 Å². The largest absolute Gasteiger partial charge is 3.00 e. The number of rotatable bonds is 8. The second kappa shape index (κ2) is 18.2. The van der Waals surface area contributed by atoms with E-state index in [1.807, 2.05) is 62.4 Å². The van der Waals surface area contributed by atoms with Gasteiger partial charge >= 0.3 is 46.9 Å². The molecule has 6 aromatic rings. The monoisotopic (exact) mass is 781 g/mol. The molecule has 1 radical (unpaired) electrons. The quantitative estimate of drug-likeness (QED) is 0.0657. The zero-order chi connectivity index (χ0) is 37.7. The Kier molecular flexibility index (Phi) is 14.3. The summed E-state index contributed by atoms with van der Waals surface area (Å²) in [6.45, 7) is 7.23. The molecule has 54 heavy (non-hydrogen) atoms. The van der Waals surface area contributed by atoms with E-state index in [9.17, 15) is 40.7 Å². The summed E-state index contributed by atoms with van der Waals surface area (Å²) in [5.74, 6) is -1.16. The molecular formula is C34H30CrN10NaO8+4. The van der Waals surface area contributed by atoms with Crippen LogP contribution < -0.4 is 29.6 Å². The van der Waals surface area contributed by atoms with Crippen LogP contribution in [0, 0.1) is 47.9 Å². The van der Waals surface area contributed by atoms with Crippen LogP contribution in [0.3, 0.4) is 0 Å². The molecule has 2 heterocycles. The fourth-order valence-corrected chi connectivity index (χ4v) is 4.61. The van der Waals surface area contributed by atoms with E-state index >= 15 is 0 Å². The molecule has 267 valence electrons. The number of aryl methyl sites for hydroxylation is 4. The first kappa shape index (κ1) is 42.4. The number of nitro benzene ring substituents is 2. The Balaban J connectivity index is 0.000000280. The molecule has 2 aromatic heterocycles. The fraction of sp³-hybridized carbons (Fsp3) is 0.118. The molecule has 20 heteroatoms. The van der Waals surface area contributed by atoms with Gasteiger partial charge in [0.2, 0.25) is 11.8 Å². The van der Waals surface area contributed by atoms with Gasteiger partial charge in [0.25, 0.3) is 11.4 Å². The summed E-state index contributed by atoms with van der Waals surface area (Å²) in [5.41, 5.74) is 4.20. The maximum atomic E-state index is 10.7. The molecule has 18 nitrogen and oxygen atoms in total. The average molecular weight is 782 g/mol. The van der Waals surface area contributed by atoms with Gasteiger partial charge in [0, 0.05) is 12.1 Å². The molecule has 0 saturated heterocycles. The Morgan fingerprint density at radius 2 is 0.889 bits per heavy atom. The van der Waals surface area contributed by atoms with Crippen molar-refractivity contribution in [2.75, 3.05) is 0 Å². The molecule has 0 spiro atoms. The summed E-state index contributed by atoms with van der Waals surface area (Å²) in [4.78, 5) is 20.1. The SMILES string of the molecule is Cc1ccc(-n2nc(C)c(N=Nc3ccc([N+](=O)[O-])cc3O)c2O)cc1.Cc1ccc(-n2nc(C)c(N=Nc3ccc([N+](=O)[O-])cc3O)c2O)cc1.[Cr+3].[Na+]. The molecule has 0 saturated carbocycles. The Labute approximate surface area is 339 Å². The van der Waals surface area contributed by atoms with E-state index < -0.39 is 9.85 Å². The standard InChI is InChI=1S/2C17H15N5O4.Cr.Na/c2*1-10-3-5-12(6-4-10)21-17(24)16(11(2)20-21)19-18-14-8-7-13(22(25)26)9-15(14)23;;/h2*3-9,23-24H,1-2H3;;/q;;+3;+1. The minimum atomic E-state index is -0.623. The van der Waals surface area contributed by atoms with Crippen LogP contribution in [-0.4, -0.2) is 49.8 Å². The number of nitro groups is 2. The Bertz CT molecular complexity index is 2200. The number of hydrogen-bond acceptors (Lipinski definition) is 14. The third-order valence-electron chi connectivity index (χ3n) is 7.42. The second-order valence-corrected chi connectivity index (χ2v) is 11.3. The molecule has 0 fully saturated rings. The number of aromatic nitrogens is 4. The van der Waals surface area contributed by atoms with Gasteiger partial charge in [0.1, 0.15) is 22.9 Å². The summed E-state index contributed by atoms with van der Waals surface area (Å²) < 4.78 is 2.66. The van der Waals surface area contributed by atoms with Gasteiger partial charge in [-0.15, -0.1) is 20.5 Å². The summed E-state index contributed by atoms with van der Waals surface area (Å²) in [7, 11) is 0. The van der Waals surface area contributed by atoms with Crippen LogP contribution >= 0.6 is 0 Å². The number of phenols is 2. The Morgan fingerprint density at radius 1 is 0.556 bits per heavy atom. The number of non-ortho nitro benzene ring substituents is 2. The van der Waals surface area contributed by atoms with Crippen LogP contribution in [0.2, 0.25) is 0 Å². The van der Waals surface area contributed by atoms with Gasteiger partial charge in [0.15, 0.2) is 11.4 Å². The number of phenolic OH excluding ortho intramolecular Hbond substituents is 2. The van der Waals surface area contributed by atoms with Crippen molar-refractivity contribution in [3.63, 3.8) is 0 Å². The number of nitrogens with zero attached hydrogens (tertiary/aromatic N) is 10. The summed E-state index contributed by atoms with van der Waals surface area (Å²) in [6.07, 6.45) is 0. The van der Waals surface area contributed by atoms with Crippen molar-refractivity contribution in [2.45, 2.75) is 27.7 Å². The van der Waals surface area contributed by atoms with Crippen LogP contribution in [0.4, 0.5) is 34.1 Å². The van der Waals surface area contributed by atoms with E-state index in [0.29, 0.717) is 22.8 Å². The topological polar surface area (TPSA) is 252 Å². The Hall–Kier alpha value is -5.97. The second-order valence-electron chi connectivity index (χ2n) is 11.3. The number of aromatic hydroxyl groups is 4. The van der Waals surface area contributed by atoms with E-state index in [1.165, 1.54) is 33.6 Å². The van der Waals surface area contributed by atoms with E-state index in [0.717, 1.165) is 23.3 Å². The van der Waals surface area contributed by atoms with Crippen LogP contribution in [0.1, 0.15) is 22.5 Å². The third-order valence-corrected chi connectivity index (χ3v) is 7.42. The van der Waals surface area contributed by atoms with Crippen LogP contribution in [-0.2, 0) is 17.4 Å². The molecule has 4 aromatic carbocycles. The summed E-state index contributed by atoms with van der Waals surface area (Å²) in [6, 6.07) is 21.7. The van der Waals surface area contributed by atoms with E-state index in [1.54, 1.807) is 13.8 Å². The first-order valence-corrected chi connectivity index (χ1v) is 15.2. The maximum absolute atomic E-state index is 10.7. The first-order chi connectivity index (χ1) is 24.7. The molecule has 0 aliphatic carbocycles. The minimum absolute atomic E-state index is 0. The predicted octanol–water partition coefficient (Wildman–Crippen LogP) is 5.45. The number of benzene rings is 4. The van der Waals surface area contributed by atoms with Crippen LogP contribution in [0.15, 0.2) is 105 Å². The van der Waals surface area contributed by atoms with E-state index in [4.69, 9.17) is 0 Å². The average Bonchev–Trinajstić information content (AvgIpc) is 3.56. The zero-order valence-electron chi connectivity index (χ0n) is 29.4. The van der Waals surface area contributed by atoms with Crippen molar-refractivity contribution in [3.8, 4) is 34.6 Å². The molecule has 6 rings (SSSR count). The molecular weight excluding hydrogens is 751 g/mol. The van der Waals surface area contributed by atoms with Gasteiger partial charge in [-0.1, -0.05) is 35.4 Å². The summed E-state index contributed by atoms with van der Waals surface area (Å²) >= 11 is 0. The maximum Gasteiger partial charge on any atom is 3.00 e. The molecule has 0 aliphatic rings. The number of azo groups is 2. The van der Waals surface area contributed by atoms with Crippen molar-refractivity contribution in [1.82, 2.24) is 19.6 Å². The smallest absolute Gasteiger partial charge is 0.505 e. The zero-order valence-corrected chi connectivity index (χ0v) is 32.7. The van der Waals surface area contributed by atoms with E-state index in [2.05, 4.69) is 30.7 Å². The molecule has 4 N–H and O–H groups in total. The molecule has 0 atom stereocenters. The van der Waals surface area contributed by atoms with Crippen LogP contribution in [0.5, 0.6) is 23.3 Å². The van der Waals surface area contributed by atoms with Crippen molar-refractivity contribution in [1.29, 1.82) is 0 Å². The van der Waals surface area contributed by atoms with Gasteiger partial charge in [-0.2, -0.15) is 19.6 Å². The van der Waals surface area contributed by atoms with Gasteiger partial charge in [-0.3, -0.25) is 20.2 Å². The molecule has 0 unspecified atom stereocenters.